The van der Waals surface area contributed by atoms with Crippen LogP contribution in [-0.4, -0.2) is 41.1 Å². The molecule has 0 aromatic heterocycles. The second-order valence-corrected chi connectivity index (χ2v) is 6.22. The Morgan fingerprint density at radius 3 is 2.45 bits per heavy atom. The van der Waals surface area contributed by atoms with E-state index in [1.807, 2.05) is 13.8 Å². The summed E-state index contributed by atoms with van der Waals surface area (Å²) in [5, 5.41) is 12.5. The molecule has 1 aliphatic rings. The molecule has 0 spiro atoms. The molecule has 1 rings (SSSR count). The average molecular weight is 284 g/mol. The van der Waals surface area contributed by atoms with E-state index in [1.54, 1.807) is 4.90 Å². The Morgan fingerprint density at radius 2 is 2.00 bits per heavy atom. The highest BCUT2D eigenvalue weighted by atomic mass is 16.4. The van der Waals surface area contributed by atoms with Crippen molar-refractivity contribution in [1.82, 2.24) is 10.2 Å². The molecule has 1 fully saturated rings. The van der Waals surface area contributed by atoms with Gasteiger partial charge < -0.3 is 15.3 Å². The van der Waals surface area contributed by atoms with Gasteiger partial charge in [0.05, 0.1) is 5.41 Å². The average Bonchev–Trinajstić information content (AvgIpc) is 2.81. The first-order valence-corrected chi connectivity index (χ1v) is 7.65. The van der Waals surface area contributed by atoms with Crippen LogP contribution in [0.4, 0.5) is 4.79 Å². The highest BCUT2D eigenvalue weighted by Gasteiger charge is 2.45. The van der Waals surface area contributed by atoms with Gasteiger partial charge >= 0.3 is 12.0 Å². The summed E-state index contributed by atoms with van der Waals surface area (Å²) in [6.07, 6.45) is 2.90. The summed E-state index contributed by atoms with van der Waals surface area (Å²) in [6.45, 7) is 9.06. The number of hydrogen-bond acceptors (Lipinski definition) is 2. The summed E-state index contributed by atoms with van der Waals surface area (Å²) in [5.74, 6) is -0.392. The van der Waals surface area contributed by atoms with Crippen LogP contribution in [0.5, 0.6) is 0 Å². The van der Waals surface area contributed by atoms with E-state index >= 15 is 0 Å². The molecule has 5 heteroatoms. The van der Waals surface area contributed by atoms with Crippen molar-refractivity contribution >= 4 is 12.0 Å². The number of carboxylic acid groups (broad SMARTS) is 1. The van der Waals surface area contributed by atoms with Gasteiger partial charge in [0.1, 0.15) is 0 Å². The fraction of sp³-hybridized carbons (Fsp3) is 0.867. The smallest absolute Gasteiger partial charge is 0.317 e. The monoisotopic (exact) mass is 284 g/mol. The predicted molar refractivity (Wildman–Crippen MR) is 78.6 cm³/mol. The van der Waals surface area contributed by atoms with Crippen LogP contribution in [0.25, 0.3) is 0 Å². The maximum Gasteiger partial charge on any atom is 0.317 e. The van der Waals surface area contributed by atoms with Crippen LogP contribution >= 0.6 is 0 Å². The summed E-state index contributed by atoms with van der Waals surface area (Å²) < 4.78 is 0. The Balaban J connectivity index is 2.66. The van der Waals surface area contributed by atoms with Crippen molar-refractivity contribution in [1.29, 1.82) is 0 Å². The highest BCUT2D eigenvalue weighted by Crippen LogP contribution is 2.35. The minimum Gasteiger partial charge on any atom is -0.481 e. The van der Waals surface area contributed by atoms with Gasteiger partial charge in [-0.1, -0.05) is 34.1 Å². The Labute approximate surface area is 121 Å². The number of carbonyl (C=O) groups is 2. The molecular formula is C15H28N2O3. The lowest BCUT2D eigenvalue weighted by Crippen LogP contribution is -2.47. The maximum absolute atomic E-state index is 12.3. The predicted octanol–water partition coefficient (Wildman–Crippen LogP) is 2.71. The van der Waals surface area contributed by atoms with E-state index < -0.39 is 11.4 Å². The number of likely N-dealkylation sites (tertiary alicyclic amines) is 1. The largest absolute Gasteiger partial charge is 0.481 e. The second-order valence-electron chi connectivity index (χ2n) is 6.22. The molecule has 0 aromatic carbocycles. The van der Waals surface area contributed by atoms with Crippen LogP contribution in [0, 0.1) is 11.3 Å². The Hall–Kier alpha value is -1.26. The van der Waals surface area contributed by atoms with E-state index in [0.717, 1.165) is 12.8 Å². The van der Waals surface area contributed by atoms with E-state index in [4.69, 9.17) is 0 Å². The number of nitrogens with one attached hydrogen (secondary N) is 1. The third-order valence-corrected chi connectivity index (χ3v) is 4.38. The molecular weight excluding hydrogens is 256 g/mol. The molecule has 116 valence electrons. The Bertz CT molecular complexity index is 357. The SMILES string of the molecule is CCCC1(C(=O)O)CCN(C(=O)NC(CC)C(C)C)C1. The van der Waals surface area contributed by atoms with Crippen LogP contribution in [-0.2, 0) is 4.79 Å². The molecule has 0 aromatic rings. The quantitative estimate of drug-likeness (QED) is 0.788. The van der Waals surface area contributed by atoms with Gasteiger partial charge in [0.2, 0.25) is 0 Å². The van der Waals surface area contributed by atoms with E-state index in [0.29, 0.717) is 31.8 Å². The summed E-state index contributed by atoms with van der Waals surface area (Å²) in [5.41, 5.74) is -0.744. The minimum absolute atomic E-state index is 0.121. The van der Waals surface area contributed by atoms with Crippen LogP contribution in [0.15, 0.2) is 0 Å². The van der Waals surface area contributed by atoms with Crippen molar-refractivity contribution in [2.45, 2.75) is 59.4 Å². The Morgan fingerprint density at radius 1 is 1.35 bits per heavy atom. The molecule has 2 amide bonds. The topological polar surface area (TPSA) is 69.6 Å². The van der Waals surface area contributed by atoms with Gasteiger partial charge in [-0.25, -0.2) is 4.79 Å². The van der Waals surface area contributed by atoms with Crippen molar-refractivity contribution in [3.05, 3.63) is 0 Å². The van der Waals surface area contributed by atoms with Crippen molar-refractivity contribution < 1.29 is 14.7 Å². The number of carboxylic acids is 1. The van der Waals surface area contributed by atoms with Gasteiger partial charge in [-0.2, -0.15) is 0 Å². The van der Waals surface area contributed by atoms with E-state index in [-0.39, 0.29) is 12.1 Å². The molecule has 0 aliphatic carbocycles. The number of amides is 2. The summed E-state index contributed by atoms with van der Waals surface area (Å²) >= 11 is 0. The Kier molecular flexibility index (Phi) is 5.84. The van der Waals surface area contributed by atoms with Crippen LogP contribution < -0.4 is 5.32 Å². The molecule has 20 heavy (non-hydrogen) atoms. The van der Waals surface area contributed by atoms with E-state index in [9.17, 15) is 14.7 Å². The van der Waals surface area contributed by atoms with Crippen molar-refractivity contribution in [2.75, 3.05) is 13.1 Å². The van der Waals surface area contributed by atoms with Crippen LogP contribution in [0.2, 0.25) is 0 Å². The molecule has 2 atom stereocenters. The lowest BCUT2D eigenvalue weighted by atomic mass is 9.83. The third-order valence-electron chi connectivity index (χ3n) is 4.38. The van der Waals surface area contributed by atoms with E-state index in [1.165, 1.54) is 0 Å². The van der Waals surface area contributed by atoms with Gasteiger partial charge in [0, 0.05) is 19.1 Å². The molecule has 2 N–H and O–H groups in total. The first-order valence-electron chi connectivity index (χ1n) is 7.65. The second kappa shape index (κ2) is 6.95. The lowest BCUT2D eigenvalue weighted by Gasteiger charge is -2.27. The fourth-order valence-corrected chi connectivity index (χ4v) is 3.00. The summed E-state index contributed by atoms with van der Waals surface area (Å²) in [6, 6.07) is 0.0262. The third kappa shape index (κ3) is 3.64. The molecule has 5 nitrogen and oxygen atoms in total. The van der Waals surface area contributed by atoms with Gasteiger partial charge in [-0.05, 0) is 25.2 Å². The fourth-order valence-electron chi connectivity index (χ4n) is 3.00. The van der Waals surface area contributed by atoms with E-state index in [2.05, 4.69) is 19.2 Å². The summed E-state index contributed by atoms with van der Waals surface area (Å²) in [7, 11) is 0. The standard InChI is InChI=1S/C15H28N2O3/c1-5-7-15(13(18)19)8-9-17(10-15)14(20)16-12(6-2)11(3)4/h11-12H,5-10H2,1-4H3,(H,16,20)(H,18,19). The van der Waals surface area contributed by atoms with Gasteiger partial charge in [0.25, 0.3) is 0 Å². The zero-order valence-corrected chi connectivity index (χ0v) is 13.1. The van der Waals surface area contributed by atoms with Crippen molar-refractivity contribution in [3.63, 3.8) is 0 Å². The maximum atomic E-state index is 12.3. The molecule has 1 aliphatic heterocycles. The number of urea groups is 1. The van der Waals surface area contributed by atoms with Crippen molar-refractivity contribution in [3.8, 4) is 0 Å². The number of hydrogen-bond donors (Lipinski definition) is 2. The number of carbonyl (C=O) groups excluding carboxylic acids is 1. The van der Waals surface area contributed by atoms with Gasteiger partial charge in [-0.3, -0.25) is 4.79 Å². The molecule has 2 unspecified atom stereocenters. The van der Waals surface area contributed by atoms with Gasteiger partial charge in [-0.15, -0.1) is 0 Å². The van der Waals surface area contributed by atoms with Gasteiger partial charge in [0.15, 0.2) is 0 Å². The van der Waals surface area contributed by atoms with Crippen molar-refractivity contribution in [2.24, 2.45) is 11.3 Å². The number of rotatable bonds is 6. The molecule has 0 radical (unpaired) electrons. The number of aliphatic carboxylic acids is 1. The minimum atomic E-state index is -0.773. The first kappa shape index (κ1) is 16.8. The lowest BCUT2D eigenvalue weighted by molar-refractivity contribution is -0.148. The highest BCUT2D eigenvalue weighted by molar-refractivity contribution is 5.79. The first-order chi connectivity index (χ1) is 9.36. The molecule has 1 saturated heterocycles. The zero-order valence-electron chi connectivity index (χ0n) is 13.1. The number of nitrogens with zero attached hydrogens (tertiary/aromatic N) is 1. The summed E-state index contributed by atoms with van der Waals surface area (Å²) in [4.78, 5) is 25.4. The van der Waals surface area contributed by atoms with Crippen LogP contribution in [0.3, 0.4) is 0 Å². The molecule has 0 bridgehead atoms. The molecule has 1 heterocycles. The van der Waals surface area contributed by atoms with Crippen LogP contribution in [0.1, 0.15) is 53.4 Å². The zero-order chi connectivity index (χ0) is 15.3. The normalized spacial score (nSPS) is 23.9. The molecule has 0 saturated carbocycles.